The molecule has 8 nitrogen and oxygen atoms in total. The van der Waals surface area contributed by atoms with Gasteiger partial charge in [0, 0.05) is 37.2 Å². The molecule has 1 unspecified atom stereocenters. The van der Waals surface area contributed by atoms with Crippen molar-refractivity contribution in [2.24, 2.45) is 0 Å². The van der Waals surface area contributed by atoms with Gasteiger partial charge in [0.05, 0.1) is 11.4 Å². The number of carbonyl (C=O) groups excluding carboxylic acids is 1. The van der Waals surface area contributed by atoms with Crippen LogP contribution in [0.1, 0.15) is 29.2 Å². The fourth-order valence-electron chi connectivity index (χ4n) is 3.26. The third kappa shape index (κ3) is 3.57. The number of rotatable bonds is 5. The van der Waals surface area contributed by atoms with Gasteiger partial charge >= 0.3 is 6.55 Å². The van der Waals surface area contributed by atoms with E-state index in [-0.39, 0.29) is 17.4 Å². The first-order valence-electron chi connectivity index (χ1n) is 8.88. The highest BCUT2D eigenvalue weighted by Crippen LogP contribution is 2.21. The van der Waals surface area contributed by atoms with Gasteiger partial charge < -0.3 is 15.2 Å². The van der Waals surface area contributed by atoms with Crippen LogP contribution in [0.25, 0.3) is 11.4 Å². The number of aryl methyl sites for hydroxylation is 1. The highest BCUT2D eigenvalue weighted by molar-refractivity contribution is 5.92. The molecule has 0 radical (unpaired) electrons. The summed E-state index contributed by atoms with van der Waals surface area (Å²) in [6.07, 6.45) is 4.23. The fourth-order valence-corrected chi connectivity index (χ4v) is 3.26. The number of halogens is 2. The molecule has 3 aromatic heterocycles. The minimum absolute atomic E-state index is 0.0127. The number of aromatic amines is 1. The van der Waals surface area contributed by atoms with Gasteiger partial charge in [0.1, 0.15) is 0 Å². The van der Waals surface area contributed by atoms with E-state index >= 15 is 0 Å². The summed E-state index contributed by atoms with van der Waals surface area (Å²) in [6, 6.07) is 6.88. The van der Waals surface area contributed by atoms with Crippen molar-refractivity contribution in [2.75, 3.05) is 18.0 Å². The third-order valence-corrected chi connectivity index (χ3v) is 4.66. The summed E-state index contributed by atoms with van der Waals surface area (Å²) in [7, 11) is 0. The van der Waals surface area contributed by atoms with Crippen molar-refractivity contribution in [2.45, 2.75) is 25.9 Å². The first-order chi connectivity index (χ1) is 13.5. The summed E-state index contributed by atoms with van der Waals surface area (Å²) in [4.78, 5) is 26.4. The van der Waals surface area contributed by atoms with Gasteiger partial charge in [0.2, 0.25) is 5.95 Å². The zero-order chi connectivity index (χ0) is 19.7. The fraction of sp³-hybridized carbons (Fsp3) is 0.333. The molecule has 0 bridgehead atoms. The monoisotopic (exact) mass is 387 g/mol. The van der Waals surface area contributed by atoms with Crippen LogP contribution in [0, 0.1) is 6.92 Å². The molecule has 0 spiro atoms. The van der Waals surface area contributed by atoms with Crippen LogP contribution >= 0.6 is 0 Å². The van der Waals surface area contributed by atoms with Crippen molar-refractivity contribution in [1.82, 2.24) is 30.0 Å². The largest absolute Gasteiger partial charge is 0.360 e. The number of hydrogen-bond acceptors (Lipinski definition) is 5. The summed E-state index contributed by atoms with van der Waals surface area (Å²) in [5.41, 5.74) is 1.91. The number of carbonyl (C=O) groups is 1. The molecule has 2 N–H and O–H groups in total. The molecule has 1 fully saturated rings. The average Bonchev–Trinajstić information content (AvgIpc) is 3.42. The van der Waals surface area contributed by atoms with Crippen LogP contribution in [-0.4, -0.2) is 49.8 Å². The molecule has 1 aliphatic heterocycles. The van der Waals surface area contributed by atoms with Gasteiger partial charge in [-0.1, -0.05) is 0 Å². The van der Waals surface area contributed by atoms with E-state index in [4.69, 9.17) is 0 Å². The first-order valence-corrected chi connectivity index (χ1v) is 8.88. The van der Waals surface area contributed by atoms with E-state index in [2.05, 4.69) is 25.4 Å². The molecule has 4 rings (SSSR count). The highest BCUT2D eigenvalue weighted by Gasteiger charge is 2.27. The topological polar surface area (TPSA) is 91.7 Å². The summed E-state index contributed by atoms with van der Waals surface area (Å²) < 4.78 is 26.2. The number of hydrogen-bond donors (Lipinski definition) is 2. The van der Waals surface area contributed by atoms with Gasteiger partial charge in [-0.3, -0.25) is 4.79 Å². The van der Waals surface area contributed by atoms with E-state index in [0.29, 0.717) is 30.1 Å². The Labute approximate surface area is 159 Å². The minimum atomic E-state index is -2.77. The Bertz CT molecular complexity index is 970. The number of nitrogens with one attached hydrogen (secondary N) is 2. The van der Waals surface area contributed by atoms with E-state index in [1.54, 1.807) is 6.20 Å². The quantitative estimate of drug-likeness (QED) is 0.701. The molecular formula is C18H19F2N7O. The smallest absolute Gasteiger partial charge is 0.333 e. The van der Waals surface area contributed by atoms with E-state index < -0.39 is 12.5 Å². The third-order valence-electron chi connectivity index (χ3n) is 4.66. The Morgan fingerprint density at radius 1 is 1.39 bits per heavy atom. The number of H-pyrrole nitrogens is 1. The Hall–Kier alpha value is -3.30. The number of anilines is 1. The van der Waals surface area contributed by atoms with Crippen molar-refractivity contribution in [3.8, 4) is 11.4 Å². The van der Waals surface area contributed by atoms with Crippen molar-refractivity contribution in [3.63, 3.8) is 0 Å². The maximum Gasteiger partial charge on any atom is 0.333 e. The second-order valence-corrected chi connectivity index (χ2v) is 6.62. The molecule has 3 aromatic rings. The van der Waals surface area contributed by atoms with Crippen LogP contribution in [0.3, 0.4) is 0 Å². The number of aromatic nitrogens is 5. The Kier molecular flexibility index (Phi) is 4.76. The lowest BCUT2D eigenvalue weighted by atomic mass is 10.2. The van der Waals surface area contributed by atoms with Crippen LogP contribution < -0.4 is 10.2 Å². The number of alkyl halides is 2. The molecule has 0 aromatic carbocycles. The molecular weight excluding hydrogens is 368 g/mol. The SMILES string of the molecule is Cc1cc(C(=O)NC2CCN(c3nccc(-c4ccc[nH]4)n3)C2)nn1C(F)F. The molecule has 1 saturated heterocycles. The molecule has 28 heavy (non-hydrogen) atoms. The zero-order valence-electron chi connectivity index (χ0n) is 15.1. The molecule has 1 atom stereocenters. The Balaban J connectivity index is 1.41. The van der Waals surface area contributed by atoms with Gasteiger partial charge in [-0.25, -0.2) is 14.6 Å². The standard InChI is InChI=1S/C18H19F2N7O/c1-11-9-15(25-27(11)17(19)20)16(28)23-12-5-8-26(10-12)18-22-7-4-14(24-18)13-3-2-6-21-13/h2-4,6-7,9,12,17,21H,5,8,10H2,1H3,(H,23,28). The van der Waals surface area contributed by atoms with Crippen molar-refractivity contribution in [3.05, 3.63) is 48.0 Å². The van der Waals surface area contributed by atoms with Crippen molar-refractivity contribution < 1.29 is 13.6 Å². The zero-order valence-corrected chi connectivity index (χ0v) is 15.1. The molecule has 10 heteroatoms. The summed E-state index contributed by atoms with van der Waals surface area (Å²) in [5.74, 6) is 0.122. The summed E-state index contributed by atoms with van der Waals surface area (Å²) in [6.45, 7) is -0.0626. The molecule has 1 aliphatic rings. The van der Waals surface area contributed by atoms with Crippen LogP contribution in [0.15, 0.2) is 36.7 Å². The predicted molar refractivity (Wildman–Crippen MR) is 98.1 cm³/mol. The maximum absolute atomic E-state index is 12.8. The lowest BCUT2D eigenvalue weighted by Crippen LogP contribution is -2.37. The number of nitrogens with zero attached hydrogens (tertiary/aromatic N) is 5. The molecule has 0 aliphatic carbocycles. The van der Waals surface area contributed by atoms with Crippen LogP contribution in [0.4, 0.5) is 14.7 Å². The van der Waals surface area contributed by atoms with E-state index in [0.717, 1.165) is 11.4 Å². The molecule has 146 valence electrons. The van der Waals surface area contributed by atoms with E-state index in [1.807, 2.05) is 29.3 Å². The lowest BCUT2D eigenvalue weighted by molar-refractivity contribution is 0.0538. The second-order valence-electron chi connectivity index (χ2n) is 6.62. The minimum Gasteiger partial charge on any atom is -0.360 e. The van der Waals surface area contributed by atoms with E-state index in [1.165, 1.54) is 13.0 Å². The van der Waals surface area contributed by atoms with Gasteiger partial charge in [-0.05, 0) is 37.6 Å². The molecule has 0 saturated carbocycles. The first kappa shape index (κ1) is 18.1. The van der Waals surface area contributed by atoms with E-state index in [9.17, 15) is 13.6 Å². The second kappa shape index (κ2) is 7.37. The average molecular weight is 387 g/mol. The van der Waals surface area contributed by atoms with Crippen molar-refractivity contribution in [1.29, 1.82) is 0 Å². The maximum atomic E-state index is 12.8. The van der Waals surface area contributed by atoms with Crippen LogP contribution in [0.2, 0.25) is 0 Å². The predicted octanol–water partition coefficient (Wildman–Crippen LogP) is 2.38. The Morgan fingerprint density at radius 2 is 2.25 bits per heavy atom. The normalized spacial score (nSPS) is 16.7. The highest BCUT2D eigenvalue weighted by atomic mass is 19.3. The van der Waals surface area contributed by atoms with Gasteiger partial charge in [0.25, 0.3) is 5.91 Å². The van der Waals surface area contributed by atoms with Gasteiger partial charge in [-0.2, -0.15) is 13.9 Å². The van der Waals surface area contributed by atoms with Gasteiger partial charge in [-0.15, -0.1) is 0 Å². The lowest BCUT2D eigenvalue weighted by Gasteiger charge is -2.17. The number of amides is 1. The van der Waals surface area contributed by atoms with Crippen LogP contribution in [0.5, 0.6) is 0 Å². The summed E-state index contributed by atoms with van der Waals surface area (Å²) in [5, 5.41) is 6.53. The summed E-state index contributed by atoms with van der Waals surface area (Å²) >= 11 is 0. The molecule has 1 amide bonds. The molecule has 4 heterocycles. The van der Waals surface area contributed by atoms with Crippen LogP contribution in [-0.2, 0) is 0 Å². The van der Waals surface area contributed by atoms with Crippen molar-refractivity contribution >= 4 is 11.9 Å². The Morgan fingerprint density at radius 3 is 2.96 bits per heavy atom. The van der Waals surface area contributed by atoms with Gasteiger partial charge in [0.15, 0.2) is 5.69 Å².